The molecule has 2 aromatic carbocycles. The molecule has 0 saturated heterocycles. The standard InChI is InChI=1S/C23H22N8O2/c1-13-10-11-14(2)17(12-13)24-19-20(27-22-21(26-19)28-33-29-22)25-18-15(3)30(4)31(23(18)32)16-8-6-5-7-9-16/h5-12H,1-4H3,(H,24,26,28)(H,25,27,29). The first-order valence-electron chi connectivity index (χ1n) is 10.4. The minimum absolute atomic E-state index is 0.209. The summed E-state index contributed by atoms with van der Waals surface area (Å²) in [6, 6.07) is 15.5. The zero-order valence-corrected chi connectivity index (χ0v) is 18.6. The molecular formula is C23H22N8O2. The summed E-state index contributed by atoms with van der Waals surface area (Å²) in [6.07, 6.45) is 0. The van der Waals surface area contributed by atoms with Crippen molar-refractivity contribution < 1.29 is 4.63 Å². The van der Waals surface area contributed by atoms with Gasteiger partial charge in [-0.25, -0.2) is 19.3 Å². The van der Waals surface area contributed by atoms with E-state index in [2.05, 4.69) is 30.9 Å². The Morgan fingerprint density at radius 2 is 1.55 bits per heavy atom. The van der Waals surface area contributed by atoms with Crippen LogP contribution in [0.25, 0.3) is 17.0 Å². The number of rotatable bonds is 5. The van der Waals surface area contributed by atoms with Crippen LogP contribution in [0.4, 0.5) is 23.0 Å². The van der Waals surface area contributed by atoms with Crippen LogP contribution in [-0.2, 0) is 7.05 Å². The van der Waals surface area contributed by atoms with E-state index in [1.807, 2.05) is 76.3 Å². The number of aryl methyl sites for hydroxylation is 2. The van der Waals surface area contributed by atoms with Gasteiger partial charge in [0.15, 0.2) is 11.6 Å². The minimum atomic E-state index is -0.209. The fourth-order valence-electron chi connectivity index (χ4n) is 3.64. The molecule has 33 heavy (non-hydrogen) atoms. The molecule has 3 heterocycles. The first-order valence-corrected chi connectivity index (χ1v) is 10.4. The Labute approximate surface area is 188 Å². The quantitative estimate of drug-likeness (QED) is 0.421. The van der Waals surface area contributed by atoms with Crippen molar-refractivity contribution >= 4 is 34.3 Å². The lowest BCUT2D eigenvalue weighted by Crippen LogP contribution is -2.20. The number of nitrogens with zero attached hydrogens (tertiary/aromatic N) is 6. The van der Waals surface area contributed by atoms with Crippen molar-refractivity contribution in [1.82, 2.24) is 29.6 Å². The average molecular weight is 442 g/mol. The Morgan fingerprint density at radius 1 is 0.879 bits per heavy atom. The summed E-state index contributed by atoms with van der Waals surface area (Å²) in [7, 11) is 1.83. The van der Waals surface area contributed by atoms with Gasteiger partial charge < -0.3 is 10.6 Å². The number of fused-ring (bicyclic) bond motifs is 1. The molecule has 0 saturated carbocycles. The first-order chi connectivity index (χ1) is 15.9. The van der Waals surface area contributed by atoms with Crippen molar-refractivity contribution in [1.29, 1.82) is 0 Å². The molecule has 5 rings (SSSR count). The Hall–Kier alpha value is -4.47. The molecule has 0 unspecified atom stereocenters. The number of hydrogen-bond acceptors (Lipinski definition) is 8. The van der Waals surface area contributed by atoms with Gasteiger partial charge in [-0.15, -0.1) is 0 Å². The van der Waals surface area contributed by atoms with Crippen molar-refractivity contribution in [2.45, 2.75) is 20.8 Å². The number of benzene rings is 2. The highest BCUT2D eigenvalue weighted by Gasteiger charge is 2.20. The lowest BCUT2D eigenvalue weighted by molar-refractivity contribution is 0.314. The average Bonchev–Trinajstić information content (AvgIpc) is 3.34. The maximum atomic E-state index is 13.4. The van der Waals surface area contributed by atoms with Gasteiger partial charge in [0.1, 0.15) is 5.69 Å². The summed E-state index contributed by atoms with van der Waals surface area (Å²) in [5.74, 6) is 0.742. The van der Waals surface area contributed by atoms with Gasteiger partial charge in [-0.2, -0.15) is 0 Å². The molecule has 0 spiro atoms. The van der Waals surface area contributed by atoms with Crippen LogP contribution < -0.4 is 16.2 Å². The molecule has 0 atom stereocenters. The van der Waals surface area contributed by atoms with Crippen molar-refractivity contribution in [3.05, 3.63) is 75.7 Å². The SMILES string of the molecule is Cc1ccc(C)c(Nc2nc3nonc3nc2Nc2c(C)n(C)n(-c3ccccc3)c2=O)c1. The van der Waals surface area contributed by atoms with E-state index in [0.717, 1.165) is 28.2 Å². The second kappa shape index (κ2) is 7.90. The molecule has 10 heteroatoms. The molecule has 0 radical (unpaired) electrons. The van der Waals surface area contributed by atoms with Crippen LogP contribution in [0, 0.1) is 20.8 Å². The maximum Gasteiger partial charge on any atom is 0.295 e. The van der Waals surface area contributed by atoms with Crippen molar-refractivity contribution in [2.75, 3.05) is 10.6 Å². The van der Waals surface area contributed by atoms with Crippen LogP contribution in [0.3, 0.4) is 0 Å². The third kappa shape index (κ3) is 3.61. The number of hydrogen-bond donors (Lipinski definition) is 2. The number of para-hydroxylation sites is 1. The number of aromatic nitrogens is 6. The Balaban J connectivity index is 1.62. The van der Waals surface area contributed by atoms with Gasteiger partial charge in [-0.1, -0.05) is 30.3 Å². The first kappa shape index (κ1) is 20.4. The number of anilines is 4. The van der Waals surface area contributed by atoms with Crippen LogP contribution in [-0.4, -0.2) is 29.6 Å². The zero-order chi connectivity index (χ0) is 23.1. The molecule has 2 N–H and O–H groups in total. The van der Waals surface area contributed by atoms with E-state index in [1.54, 1.807) is 9.36 Å². The lowest BCUT2D eigenvalue weighted by Gasteiger charge is -2.13. The van der Waals surface area contributed by atoms with Gasteiger partial charge in [0.2, 0.25) is 11.3 Å². The third-order valence-electron chi connectivity index (χ3n) is 5.56. The molecule has 10 nitrogen and oxygen atoms in total. The molecular weight excluding hydrogens is 420 g/mol. The molecule has 3 aromatic heterocycles. The summed E-state index contributed by atoms with van der Waals surface area (Å²) in [5.41, 5.74) is 5.18. The van der Waals surface area contributed by atoms with Gasteiger partial charge in [0.25, 0.3) is 5.56 Å². The largest absolute Gasteiger partial charge is 0.337 e. The molecule has 0 fully saturated rings. The van der Waals surface area contributed by atoms with Crippen molar-refractivity contribution in [3.8, 4) is 5.69 Å². The van der Waals surface area contributed by atoms with E-state index in [1.165, 1.54) is 0 Å². The van der Waals surface area contributed by atoms with E-state index in [4.69, 9.17) is 4.63 Å². The predicted octanol–water partition coefficient (Wildman–Crippen LogP) is 3.91. The summed E-state index contributed by atoms with van der Waals surface area (Å²) in [5, 5.41) is 14.1. The highest BCUT2D eigenvalue weighted by atomic mass is 16.6. The minimum Gasteiger partial charge on any atom is -0.337 e. The van der Waals surface area contributed by atoms with E-state index in [9.17, 15) is 4.79 Å². The molecule has 0 amide bonds. The monoisotopic (exact) mass is 442 g/mol. The molecule has 0 aliphatic heterocycles. The third-order valence-corrected chi connectivity index (χ3v) is 5.56. The lowest BCUT2D eigenvalue weighted by atomic mass is 10.1. The maximum absolute atomic E-state index is 13.4. The predicted molar refractivity (Wildman–Crippen MR) is 126 cm³/mol. The topological polar surface area (TPSA) is 116 Å². The Bertz CT molecular complexity index is 1530. The van der Waals surface area contributed by atoms with Gasteiger partial charge in [-0.3, -0.25) is 9.48 Å². The Kier molecular flexibility index (Phi) is 4.89. The fraction of sp³-hybridized carbons (Fsp3) is 0.174. The second-order valence-corrected chi connectivity index (χ2v) is 7.84. The van der Waals surface area contributed by atoms with Crippen molar-refractivity contribution in [2.24, 2.45) is 7.05 Å². The smallest absolute Gasteiger partial charge is 0.295 e. The van der Waals surface area contributed by atoms with E-state index >= 15 is 0 Å². The Morgan fingerprint density at radius 3 is 2.24 bits per heavy atom. The van der Waals surface area contributed by atoms with E-state index in [-0.39, 0.29) is 16.9 Å². The molecule has 0 aliphatic rings. The number of nitrogens with one attached hydrogen (secondary N) is 2. The van der Waals surface area contributed by atoms with Gasteiger partial charge >= 0.3 is 0 Å². The van der Waals surface area contributed by atoms with E-state index in [0.29, 0.717) is 17.3 Å². The molecule has 166 valence electrons. The van der Waals surface area contributed by atoms with Crippen molar-refractivity contribution in [3.63, 3.8) is 0 Å². The molecule has 0 aliphatic carbocycles. The van der Waals surface area contributed by atoms with Crippen LogP contribution in [0.2, 0.25) is 0 Å². The summed E-state index contributed by atoms with van der Waals surface area (Å²) in [4.78, 5) is 22.4. The van der Waals surface area contributed by atoms with Gasteiger partial charge in [-0.05, 0) is 60.4 Å². The summed E-state index contributed by atoms with van der Waals surface area (Å²) in [6.45, 7) is 5.88. The second-order valence-electron chi connectivity index (χ2n) is 7.84. The summed E-state index contributed by atoms with van der Waals surface area (Å²) >= 11 is 0. The summed E-state index contributed by atoms with van der Waals surface area (Å²) < 4.78 is 8.19. The van der Waals surface area contributed by atoms with Crippen LogP contribution in [0.5, 0.6) is 0 Å². The zero-order valence-electron chi connectivity index (χ0n) is 18.6. The fourth-order valence-corrected chi connectivity index (χ4v) is 3.64. The molecule has 0 bridgehead atoms. The molecule has 5 aromatic rings. The van der Waals surface area contributed by atoms with Gasteiger partial charge in [0, 0.05) is 12.7 Å². The van der Waals surface area contributed by atoms with Crippen LogP contribution in [0.15, 0.2) is 58.0 Å². The van der Waals surface area contributed by atoms with E-state index < -0.39 is 0 Å². The van der Waals surface area contributed by atoms with Crippen LogP contribution >= 0.6 is 0 Å². The highest BCUT2D eigenvalue weighted by Crippen LogP contribution is 2.29. The highest BCUT2D eigenvalue weighted by molar-refractivity contribution is 5.80. The van der Waals surface area contributed by atoms with Gasteiger partial charge in [0.05, 0.1) is 11.4 Å². The normalized spacial score (nSPS) is 11.2. The van der Waals surface area contributed by atoms with Crippen LogP contribution in [0.1, 0.15) is 16.8 Å².